The Bertz CT molecular complexity index is 1400. The fourth-order valence-electron chi connectivity index (χ4n) is 4.19. The summed E-state index contributed by atoms with van der Waals surface area (Å²) >= 11 is 6.12. The summed E-state index contributed by atoms with van der Waals surface area (Å²) in [4.78, 5) is 13.6. The van der Waals surface area contributed by atoms with Crippen LogP contribution in [-0.2, 0) is 0 Å². The van der Waals surface area contributed by atoms with Crippen LogP contribution in [0, 0.1) is 6.92 Å². The van der Waals surface area contributed by atoms with Gasteiger partial charge in [-0.1, -0.05) is 90.5 Å². The van der Waals surface area contributed by atoms with Crippen molar-refractivity contribution in [2.75, 3.05) is 0 Å². The van der Waals surface area contributed by atoms with Crippen LogP contribution in [0.1, 0.15) is 21.5 Å². The minimum absolute atomic E-state index is 0.0529. The molecule has 0 radical (unpaired) electrons. The third kappa shape index (κ3) is 3.08. The minimum atomic E-state index is 0.0529. The number of benzene rings is 5. The van der Waals surface area contributed by atoms with Gasteiger partial charge in [0, 0.05) is 21.5 Å². The predicted molar refractivity (Wildman–Crippen MR) is 127 cm³/mol. The van der Waals surface area contributed by atoms with Gasteiger partial charge in [-0.25, -0.2) is 0 Å². The summed E-state index contributed by atoms with van der Waals surface area (Å²) in [5.74, 6) is 0.0529. The van der Waals surface area contributed by atoms with Crippen molar-refractivity contribution in [1.29, 1.82) is 0 Å². The van der Waals surface area contributed by atoms with E-state index in [1.54, 1.807) is 0 Å². The van der Waals surface area contributed by atoms with Crippen LogP contribution in [-0.4, -0.2) is 5.78 Å². The molecule has 0 unspecified atom stereocenters. The Labute approximate surface area is 180 Å². The average molecular weight is 407 g/mol. The van der Waals surface area contributed by atoms with Crippen molar-refractivity contribution < 1.29 is 4.79 Å². The minimum Gasteiger partial charge on any atom is -0.289 e. The Balaban J connectivity index is 1.91. The molecule has 1 nitrogen and oxygen atoms in total. The number of hydrogen-bond acceptors (Lipinski definition) is 1. The van der Waals surface area contributed by atoms with Crippen LogP contribution in [0.3, 0.4) is 0 Å². The summed E-state index contributed by atoms with van der Waals surface area (Å²) in [6, 6.07) is 32.0. The molecule has 0 aliphatic carbocycles. The molecule has 0 atom stereocenters. The first-order valence-electron chi connectivity index (χ1n) is 9.94. The quantitative estimate of drug-likeness (QED) is 0.220. The first-order chi connectivity index (χ1) is 14.6. The van der Waals surface area contributed by atoms with Crippen molar-refractivity contribution in [3.8, 4) is 11.1 Å². The van der Waals surface area contributed by atoms with Crippen LogP contribution >= 0.6 is 11.6 Å². The average Bonchev–Trinajstić information content (AvgIpc) is 2.79. The second-order valence-corrected chi connectivity index (χ2v) is 7.96. The lowest BCUT2D eigenvalue weighted by Crippen LogP contribution is -2.05. The van der Waals surface area contributed by atoms with Crippen LogP contribution in [0.5, 0.6) is 0 Å². The Morgan fingerprint density at radius 2 is 1.43 bits per heavy atom. The molecule has 5 rings (SSSR count). The molecule has 0 heterocycles. The second kappa shape index (κ2) is 7.44. The van der Waals surface area contributed by atoms with Gasteiger partial charge in [0.1, 0.15) is 0 Å². The van der Waals surface area contributed by atoms with Gasteiger partial charge in [0.05, 0.1) is 0 Å². The topological polar surface area (TPSA) is 17.1 Å². The molecule has 0 spiro atoms. The lowest BCUT2D eigenvalue weighted by Gasteiger charge is -2.16. The third-order valence-corrected chi connectivity index (χ3v) is 5.90. The smallest absolute Gasteiger partial charge is 0.193 e. The van der Waals surface area contributed by atoms with Gasteiger partial charge in [0.15, 0.2) is 5.78 Å². The summed E-state index contributed by atoms with van der Waals surface area (Å²) in [5.41, 5.74) is 4.63. The van der Waals surface area contributed by atoms with Gasteiger partial charge in [-0.15, -0.1) is 0 Å². The summed E-state index contributed by atoms with van der Waals surface area (Å²) in [6.07, 6.45) is 0. The molecule has 0 saturated carbocycles. The standard InChI is InChI=1S/C28H19ClO/c1-18-11-16-24-25(19-12-14-22(29)15-13-19)17-21-9-5-6-10-23(21)27(24)26(18)28(30)20-7-3-2-4-8-20/h2-17H,1H3. The molecule has 0 N–H and O–H groups in total. The van der Waals surface area contributed by atoms with E-state index < -0.39 is 0 Å². The summed E-state index contributed by atoms with van der Waals surface area (Å²) in [6.45, 7) is 2.01. The summed E-state index contributed by atoms with van der Waals surface area (Å²) in [5, 5.41) is 4.99. The van der Waals surface area contributed by atoms with Gasteiger partial charge in [-0.05, 0) is 58.0 Å². The van der Waals surface area contributed by atoms with E-state index in [1.165, 1.54) is 0 Å². The number of ketones is 1. The third-order valence-electron chi connectivity index (χ3n) is 5.65. The lowest BCUT2D eigenvalue weighted by atomic mass is 9.86. The van der Waals surface area contributed by atoms with E-state index in [4.69, 9.17) is 11.6 Å². The molecule has 30 heavy (non-hydrogen) atoms. The van der Waals surface area contributed by atoms with Crippen molar-refractivity contribution in [2.24, 2.45) is 0 Å². The highest BCUT2D eigenvalue weighted by Gasteiger charge is 2.19. The van der Waals surface area contributed by atoms with Crippen LogP contribution in [0.2, 0.25) is 5.02 Å². The lowest BCUT2D eigenvalue weighted by molar-refractivity contribution is 0.104. The normalized spacial score (nSPS) is 11.1. The van der Waals surface area contributed by atoms with E-state index in [2.05, 4.69) is 24.3 Å². The fourth-order valence-corrected chi connectivity index (χ4v) is 4.32. The zero-order chi connectivity index (χ0) is 20.7. The van der Waals surface area contributed by atoms with Crippen LogP contribution < -0.4 is 0 Å². The van der Waals surface area contributed by atoms with E-state index in [1.807, 2.05) is 79.7 Å². The predicted octanol–water partition coefficient (Wildman–Crippen LogP) is 7.85. The monoisotopic (exact) mass is 406 g/mol. The number of aryl methyl sites for hydroxylation is 1. The molecule has 0 fully saturated rings. The van der Waals surface area contributed by atoms with E-state index in [0.717, 1.165) is 43.8 Å². The van der Waals surface area contributed by atoms with E-state index in [-0.39, 0.29) is 5.78 Å². The Morgan fingerprint density at radius 1 is 0.733 bits per heavy atom. The molecule has 5 aromatic rings. The largest absolute Gasteiger partial charge is 0.289 e. The maximum Gasteiger partial charge on any atom is 0.193 e. The van der Waals surface area contributed by atoms with Crippen molar-refractivity contribution in [3.63, 3.8) is 0 Å². The number of hydrogen-bond donors (Lipinski definition) is 0. The number of rotatable bonds is 3. The van der Waals surface area contributed by atoms with Crippen molar-refractivity contribution >= 4 is 38.9 Å². The molecule has 0 saturated heterocycles. The second-order valence-electron chi connectivity index (χ2n) is 7.53. The van der Waals surface area contributed by atoms with Gasteiger partial charge in [-0.3, -0.25) is 4.79 Å². The molecule has 144 valence electrons. The summed E-state index contributed by atoms with van der Waals surface area (Å²) in [7, 11) is 0. The van der Waals surface area contributed by atoms with Crippen LogP contribution in [0.25, 0.3) is 32.7 Å². The van der Waals surface area contributed by atoms with Crippen LogP contribution in [0.4, 0.5) is 0 Å². The van der Waals surface area contributed by atoms with Crippen LogP contribution in [0.15, 0.2) is 97.1 Å². The van der Waals surface area contributed by atoms with E-state index >= 15 is 0 Å². The highest BCUT2D eigenvalue weighted by atomic mass is 35.5. The van der Waals surface area contributed by atoms with Gasteiger partial charge >= 0.3 is 0 Å². The van der Waals surface area contributed by atoms with Gasteiger partial charge < -0.3 is 0 Å². The van der Waals surface area contributed by atoms with Crippen molar-refractivity contribution in [1.82, 2.24) is 0 Å². The molecule has 0 aliphatic rings. The summed E-state index contributed by atoms with van der Waals surface area (Å²) < 4.78 is 0. The zero-order valence-electron chi connectivity index (χ0n) is 16.5. The molecular formula is C28H19ClO. The SMILES string of the molecule is Cc1ccc2c(-c3ccc(Cl)cc3)cc3ccccc3c2c1C(=O)c1ccccc1. The first-order valence-corrected chi connectivity index (χ1v) is 10.3. The molecular weight excluding hydrogens is 388 g/mol. The molecule has 0 bridgehead atoms. The number of carbonyl (C=O) groups excluding carboxylic acids is 1. The van der Waals surface area contributed by atoms with E-state index in [9.17, 15) is 4.79 Å². The molecule has 0 aromatic heterocycles. The van der Waals surface area contributed by atoms with Gasteiger partial charge in [0.2, 0.25) is 0 Å². The van der Waals surface area contributed by atoms with Crippen molar-refractivity contribution in [3.05, 3.63) is 119 Å². The van der Waals surface area contributed by atoms with Crippen molar-refractivity contribution in [2.45, 2.75) is 6.92 Å². The zero-order valence-corrected chi connectivity index (χ0v) is 17.3. The molecule has 2 heteroatoms. The maximum absolute atomic E-state index is 13.6. The highest BCUT2D eigenvalue weighted by molar-refractivity contribution is 6.30. The Morgan fingerprint density at radius 3 is 2.20 bits per heavy atom. The van der Waals surface area contributed by atoms with Gasteiger partial charge in [-0.2, -0.15) is 0 Å². The maximum atomic E-state index is 13.6. The molecule has 5 aromatic carbocycles. The Kier molecular flexibility index (Phi) is 4.61. The van der Waals surface area contributed by atoms with Gasteiger partial charge in [0.25, 0.3) is 0 Å². The molecule has 0 aliphatic heterocycles. The fraction of sp³-hybridized carbons (Fsp3) is 0.0357. The number of halogens is 1. The highest BCUT2D eigenvalue weighted by Crippen LogP contribution is 2.38. The molecule has 0 amide bonds. The Hall–Kier alpha value is -3.42. The number of carbonyl (C=O) groups is 1. The van der Waals surface area contributed by atoms with E-state index in [0.29, 0.717) is 10.6 Å². The number of fused-ring (bicyclic) bond motifs is 3. The first kappa shape index (κ1) is 18.6.